The van der Waals surface area contributed by atoms with Gasteiger partial charge < -0.3 is 9.15 Å². The van der Waals surface area contributed by atoms with E-state index in [9.17, 15) is 9.59 Å². The van der Waals surface area contributed by atoms with E-state index >= 15 is 0 Å². The number of carbonyl (C=O) groups excluding carboxylic acids is 1. The second-order valence-corrected chi connectivity index (χ2v) is 9.80. The molecule has 8 heteroatoms. The Morgan fingerprint density at radius 2 is 1.97 bits per heavy atom. The summed E-state index contributed by atoms with van der Waals surface area (Å²) in [7, 11) is 0. The van der Waals surface area contributed by atoms with E-state index in [1.54, 1.807) is 29.2 Å². The lowest BCUT2D eigenvalue weighted by atomic mass is 9.98. The number of hydrogen-bond donors (Lipinski definition) is 0. The molecule has 0 saturated heterocycles. The number of thiazole rings is 1. The number of ether oxygens (including phenoxy) is 1. The molecule has 4 aromatic rings. The molecule has 2 aromatic heterocycles. The van der Waals surface area contributed by atoms with Crippen molar-refractivity contribution in [1.82, 2.24) is 4.98 Å². The van der Waals surface area contributed by atoms with E-state index in [2.05, 4.69) is 27.5 Å². The Morgan fingerprint density at radius 3 is 2.64 bits per heavy atom. The lowest BCUT2D eigenvalue weighted by Crippen LogP contribution is -2.29. The maximum Gasteiger partial charge on any atom is 0.297 e. The van der Waals surface area contributed by atoms with Crippen molar-refractivity contribution >= 4 is 49.3 Å². The molecule has 3 heterocycles. The van der Waals surface area contributed by atoms with Gasteiger partial charge in [0.05, 0.1) is 22.7 Å². The summed E-state index contributed by atoms with van der Waals surface area (Å²) in [4.78, 5) is 34.4. The highest BCUT2D eigenvalue weighted by molar-refractivity contribution is 9.10. The van der Waals surface area contributed by atoms with E-state index in [1.807, 2.05) is 38.1 Å². The number of fused-ring (bicyclic) bond motifs is 2. The highest BCUT2D eigenvalue weighted by Gasteiger charge is 2.45. The fraction of sp³-hybridized carbons (Fsp3) is 0.160. The largest absolute Gasteiger partial charge is 0.490 e. The Hall–Kier alpha value is -3.23. The van der Waals surface area contributed by atoms with Gasteiger partial charge in [-0.25, -0.2) is 4.98 Å². The second kappa shape index (κ2) is 8.28. The summed E-state index contributed by atoms with van der Waals surface area (Å²) >= 11 is 4.84. The van der Waals surface area contributed by atoms with Gasteiger partial charge in [-0.2, -0.15) is 0 Å². The first kappa shape index (κ1) is 21.6. The summed E-state index contributed by atoms with van der Waals surface area (Å²) in [5, 5.41) is 0.947. The predicted molar refractivity (Wildman–Crippen MR) is 133 cm³/mol. The van der Waals surface area contributed by atoms with Crippen LogP contribution in [-0.2, 0) is 0 Å². The maximum atomic E-state index is 13.6. The molecular formula is C25H19BrN2O4S. The van der Waals surface area contributed by atoms with Crippen molar-refractivity contribution in [3.8, 4) is 5.75 Å². The van der Waals surface area contributed by atoms with Gasteiger partial charge in [-0.05, 0) is 49.7 Å². The first-order valence-electron chi connectivity index (χ1n) is 10.3. The van der Waals surface area contributed by atoms with Crippen molar-refractivity contribution in [2.75, 3.05) is 11.5 Å². The van der Waals surface area contributed by atoms with Crippen LogP contribution in [0.3, 0.4) is 0 Å². The summed E-state index contributed by atoms with van der Waals surface area (Å²) in [6.45, 7) is 7.91. The molecule has 0 N–H and O–H groups in total. The Labute approximate surface area is 202 Å². The van der Waals surface area contributed by atoms with Crippen LogP contribution in [0, 0.1) is 13.8 Å². The van der Waals surface area contributed by atoms with Gasteiger partial charge in [0.2, 0.25) is 5.76 Å². The third-order valence-corrected chi connectivity index (χ3v) is 7.18. The molecule has 33 heavy (non-hydrogen) atoms. The highest BCUT2D eigenvalue weighted by atomic mass is 79.9. The van der Waals surface area contributed by atoms with Gasteiger partial charge in [-0.1, -0.05) is 40.7 Å². The molecule has 0 unspecified atom stereocenters. The quantitative estimate of drug-likeness (QED) is 0.303. The number of amides is 1. The van der Waals surface area contributed by atoms with Crippen molar-refractivity contribution < 1.29 is 13.9 Å². The number of carbonyl (C=O) groups is 1. The van der Waals surface area contributed by atoms with Crippen LogP contribution >= 0.6 is 27.3 Å². The fourth-order valence-electron chi connectivity index (χ4n) is 3.92. The minimum Gasteiger partial charge on any atom is -0.490 e. The van der Waals surface area contributed by atoms with E-state index in [1.165, 1.54) is 11.3 Å². The van der Waals surface area contributed by atoms with Crippen molar-refractivity contribution in [2.24, 2.45) is 0 Å². The van der Waals surface area contributed by atoms with E-state index < -0.39 is 6.04 Å². The van der Waals surface area contributed by atoms with Gasteiger partial charge in [-0.3, -0.25) is 14.5 Å². The molecule has 0 spiro atoms. The fourth-order valence-corrected chi connectivity index (χ4v) is 5.22. The van der Waals surface area contributed by atoms with Gasteiger partial charge >= 0.3 is 0 Å². The van der Waals surface area contributed by atoms with E-state index in [0.717, 1.165) is 20.6 Å². The Bertz CT molecular complexity index is 1450. The first-order chi connectivity index (χ1) is 15.9. The number of halogens is 1. The molecular weight excluding hydrogens is 504 g/mol. The van der Waals surface area contributed by atoms with Crippen LogP contribution in [0.1, 0.15) is 38.3 Å². The molecule has 0 radical (unpaired) electrons. The maximum absolute atomic E-state index is 13.6. The van der Waals surface area contributed by atoms with Crippen LogP contribution in [0.4, 0.5) is 5.13 Å². The van der Waals surface area contributed by atoms with Crippen LogP contribution in [0.15, 0.2) is 68.8 Å². The molecule has 5 rings (SSSR count). The number of benzene rings is 2. The predicted octanol–water partition coefficient (Wildman–Crippen LogP) is 5.94. The van der Waals surface area contributed by atoms with Crippen LogP contribution in [0.2, 0.25) is 0 Å². The zero-order chi connectivity index (χ0) is 23.3. The van der Waals surface area contributed by atoms with Gasteiger partial charge in [0, 0.05) is 9.35 Å². The average molecular weight is 523 g/mol. The zero-order valence-electron chi connectivity index (χ0n) is 17.9. The molecule has 166 valence electrons. The van der Waals surface area contributed by atoms with Crippen LogP contribution in [0.5, 0.6) is 5.75 Å². The standard InChI is InChI=1S/C25H19BrN2O4S/c1-4-11-31-17-8-5-15(6-9-17)21-20-22(29)18-12-16(26)7-10-19(18)32-23(20)24(30)28(21)25-27-13(2)14(3)33-25/h4-10,12,21H,1,11H2,2-3H3/t21-/m0/s1. The smallest absolute Gasteiger partial charge is 0.297 e. The van der Waals surface area contributed by atoms with Crippen LogP contribution < -0.4 is 15.1 Å². The van der Waals surface area contributed by atoms with E-state index in [-0.39, 0.29) is 17.1 Å². The number of hydrogen-bond acceptors (Lipinski definition) is 6. The van der Waals surface area contributed by atoms with Gasteiger partial charge in [0.15, 0.2) is 10.6 Å². The van der Waals surface area contributed by atoms with Crippen LogP contribution in [-0.4, -0.2) is 17.5 Å². The number of nitrogens with zero attached hydrogens (tertiary/aromatic N) is 2. The molecule has 0 saturated carbocycles. The lowest BCUT2D eigenvalue weighted by Gasteiger charge is -2.22. The molecule has 1 atom stereocenters. The zero-order valence-corrected chi connectivity index (χ0v) is 20.3. The highest BCUT2D eigenvalue weighted by Crippen LogP contribution is 2.43. The van der Waals surface area contributed by atoms with Crippen LogP contribution in [0.25, 0.3) is 11.0 Å². The Balaban J connectivity index is 1.73. The Kier molecular flexibility index (Phi) is 5.42. The summed E-state index contributed by atoms with van der Waals surface area (Å²) in [5.74, 6) is 0.347. The molecule has 1 aliphatic heterocycles. The average Bonchev–Trinajstić information content (AvgIpc) is 3.29. The van der Waals surface area contributed by atoms with Gasteiger partial charge in [-0.15, -0.1) is 11.3 Å². The summed E-state index contributed by atoms with van der Waals surface area (Å²) in [6.07, 6.45) is 1.67. The third-order valence-electron chi connectivity index (χ3n) is 5.62. The molecule has 2 aromatic carbocycles. The molecule has 0 aliphatic carbocycles. The number of rotatable bonds is 5. The number of anilines is 1. The molecule has 6 nitrogen and oxygen atoms in total. The van der Waals surface area contributed by atoms with Gasteiger partial charge in [0.1, 0.15) is 17.9 Å². The minimum atomic E-state index is -0.662. The molecule has 1 amide bonds. The number of aryl methyl sites for hydroxylation is 2. The number of aromatic nitrogens is 1. The van der Waals surface area contributed by atoms with Crippen molar-refractivity contribution in [3.05, 3.63) is 97.3 Å². The van der Waals surface area contributed by atoms with Crippen molar-refractivity contribution in [1.29, 1.82) is 0 Å². The van der Waals surface area contributed by atoms with Crippen molar-refractivity contribution in [2.45, 2.75) is 19.9 Å². The van der Waals surface area contributed by atoms with Gasteiger partial charge in [0.25, 0.3) is 5.91 Å². The summed E-state index contributed by atoms with van der Waals surface area (Å²) in [6, 6.07) is 11.9. The topological polar surface area (TPSA) is 72.6 Å². The summed E-state index contributed by atoms with van der Waals surface area (Å²) < 4.78 is 12.4. The van der Waals surface area contributed by atoms with Crippen molar-refractivity contribution in [3.63, 3.8) is 0 Å². The normalized spacial score (nSPS) is 15.2. The second-order valence-electron chi connectivity index (χ2n) is 7.70. The first-order valence-corrected chi connectivity index (χ1v) is 11.9. The van der Waals surface area contributed by atoms with E-state index in [4.69, 9.17) is 9.15 Å². The minimum absolute atomic E-state index is 0.0531. The summed E-state index contributed by atoms with van der Waals surface area (Å²) in [5.41, 5.74) is 2.07. The SMILES string of the molecule is C=CCOc1ccc([C@H]2c3c(oc4ccc(Br)cc4c3=O)C(=O)N2c2nc(C)c(C)s2)cc1. The Morgan fingerprint density at radius 1 is 1.21 bits per heavy atom. The van der Waals surface area contributed by atoms with E-state index in [0.29, 0.717) is 34.0 Å². The molecule has 0 bridgehead atoms. The lowest BCUT2D eigenvalue weighted by molar-refractivity contribution is 0.0971. The molecule has 0 fully saturated rings. The molecule has 1 aliphatic rings. The third kappa shape index (κ3) is 3.59. The monoisotopic (exact) mass is 522 g/mol.